The Morgan fingerprint density at radius 1 is 1.23 bits per heavy atom. The van der Waals surface area contributed by atoms with Crippen molar-refractivity contribution in [3.05, 3.63) is 16.3 Å². The molecule has 1 aliphatic rings. The number of nitrogens with one attached hydrogen (secondary N) is 1. The second-order valence-electron chi connectivity index (χ2n) is 5.77. The van der Waals surface area contributed by atoms with Crippen LogP contribution in [0.2, 0.25) is 10.2 Å². The van der Waals surface area contributed by atoms with Crippen molar-refractivity contribution in [2.24, 2.45) is 5.73 Å². The van der Waals surface area contributed by atoms with Gasteiger partial charge in [-0.15, -0.1) is 0 Å². The molecular formula is C13H8B5ClN2O. The minimum atomic E-state index is -1.24. The van der Waals surface area contributed by atoms with Crippen molar-refractivity contribution >= 4 is 84.0 Å². The van der Waals surface area contributed by atoms with Gasteiger partial charge in [0.1, 0.15) is 23.5 Å². The monoisotopic (exact) mass is 298 g/mol. The van der Waals surface area contributed by atoms with E-state index in [9.17, 15) is 4.79 Å². The molecule has 1 heterocycles. The molecule has 3 nitrogen and oxygen atoms in total. The van der Waals surface area contributed by atoms with Crippen molar-refractivity contribution in [1.29, 1.82) is 0 Å². The number of aromatic amines is 1. The highest BCUT2D eigenvalue weighted by Crippen LogP contribution is 2.47. The van der Waals surface area contributed by atoms with Crippen molar-refractivity contribution in [2.75, 3.05) is 0 Å². The Hall–Kier alpha value is -1.16. The SMILES string of the molecule is [B]c1c(Cl)c([B])c2c3c([nH]c2c1[B])C(C(N)=O)C([B])([B])CC3. The topological polar surface area (TPSA) is 58.9 Å². The van der Waals surface area contributed by atoms with Gasteiger partial charge in [-0.3, -0.25) is 4.79 Å². The Balaban J connectivity index is 2.41. The minimum absolute atomic E-state index is 0.188. The Kier molecular flexibility index (Phi) is 3.52. The van der Waals surface area contributed by atoms with E-state index in [1.54, 1.807) is 0 Å². The van der Waals surface area contributed by atoms with E-state index in [1.807, 2.05) is 0 Å². The van der Waals surface area contributed by atoms with Gasteiger partial charge in [0.2, 0.25) is 5.91 Å². The van der Waals surface area contributed by atoms with E-state index in [-0.39, 0.29) is 15.9 Å². The molecule has 0 spiro atoms. The molecule has 1 unspecified atom stereocenters. The second kappa shape index (κ2) is 4.92. The van der Waals surface area contributed by atoms with Crippen molar-refractivity contribution in [3.8, 4) is 0 Å². The number of amides is 1. The molecule has 2 aromatic rings. The van der Waals surface area contributed by atoms with Crippen molar-refractivity contribution in [2.45, 2.75) is 24.0 Å². The fourth-order valence-corrected chi connectivity index (χ4v) is 3.43. The molecular weight excluding hydrogens is 290 g/mol. The molecule has 0 fully saturated rings. The third-order valence-corrected chi connectivity index (χ3v) is 4.76. The molecule has 0 saturated heterocycles. The van der Waals surface area contributed by atoms with Gasteiger partial charge in [-0.2, -0.15) is 0 Å². The third kappa shape index (κ3) is 1.99. The Morgan fingerprint density at radius 2 is 1.86 bits per heavy atom. The van der Waals surface area contributed by atoms with Gasteiger partial charge in [0.05, 0.1) is 21.6 Å². The van der Waals surface area contributed by atoms with Crippen LogP contribution in [-0.4, -0.2) is 50.1 Å². The maximum atomic E-state index is 11.8. The van der Waals surface area contributed by atoms with Gasteiger partial charge in [0.15, 0.2) is 0 Å². The highest BCUT2D eigenvalue weighted by Gasteiger charge is 2.40. The molecule has 10 radical (unpaired) electrons. The summed E-state index contributed by atoms with van der Waals surface area (Å²) in [7, 11) is 30.0. The normalized spacial score (nSPS) is 20.0. The predicted molar refractivity (Wildman–Crippen MR) is 93.9 cm³/mol. The molecule has 1 aromatic heterocycles. The quantitative estimate of drug-likeness (QED) is 0.598. The number of hydrogen-bond acceptors (Lipinski definition) is 1. The third-order valence-electron chi connectivity index (χ3n) is 4.36. The predicted octanol–water partition coefficient (Wildman–Crippen LogP) is -1.83. The molecule has 98 valence electrons. The summed E-state index contributed by atoms with van der Waals surface area (Å²) >= 11 is 6.13. The Morgan fingerprint density at radius 3 is 2.45 bits per heavy atom. The first-order chi connectivity index (χ1) is 10.2. The summed E-state index contributed by atoms with van der Waals surface area (Å²) in [6, 6.07) is 0. The largest absolute Gasteiger partial charge is 0.369 e. The molecule has 9 heteroatoms. The number of hydrogen-bond donors (Lipinski definition) is 2. The van der Waals surface area contributed by atoms with E-state index in [2.05, 4.69) is 4.98 Å². The molecule has 3 N–H and O–H groups in total. The Labute approximate surface area is 140 Å². The lowest BCUT2D eigenvalue weighted by Gasteiger charge is -2.37. The van der Waals surface area contributed by atoms with Crippen LogP contribution in [0.4, 0.5) is 0 Å². The number of halogens is 1. The van der Waals surface area contributed by atoms with E-state index >= 15 is 0 Å². The highest BCUT2D eigenvalue weighted by atomic mass is 35.5. The number of nitrogens with two attached hydrogens (primary N) is 1. The minimum Gasteiger partial charge on any atom is -0.369 e. The molecule has 1 aromatic carbocycles. The molecule has 3 rings (SSSR count). The summed E-state index contributed by atoms with van der Waals surface area (Å²) in [5.74, 6) is -1.49. The van der Waals surface area contributed by atoms with Gasteiger partial charge >= 0.3 is 0 Å². The fourth-order valence-electron chi connectivity index (χ4n) is 3.23. The maximum absolute atomic E-state index is 11.8. The summed E-state index contributed by atoms with van der Waals surface area (Å²) in [5.41, 5.74) is 8.10. The fraction of sp³-hybridized carbons (Fsp3) is 0.308. The number of aryl methyl sites for hydroxylation is 1. The van der Waals surface area contributed by atoms with Gasteiger partial charge in [0.25, 0.3) is 0 Å². The van der Waals surface area contributed by atoms with Crippen LogP contribution in [0.15, 0.2) is 0 Å². The van der Waals surface area contributed by atoms with E-state index < -0.39 is 17.0 Å². The summed E-state index contributed by atoms with van der Waals surface area (Å²) < 4.78 is 0. The molecule has 1 aliphatic carbocycles. The molecule has 1 atom stereocenters. The lowest BCUT2D eigenvalue weighted by atomic mass is 9.43. The number of carbonyl (C=O) groups is 1. The van der Waals surface area contributed by atoms with E-state index in [0.717, 1.165) is 5.56 Å². The first-order valence-corrected chi connectivity index (χ1v) is 7.08. The van der Waals surface area contributed by atoms with Crippen LogP contribution in [0, 0.1) is 0 Å². The van der Waals surface area contributed by atoms with Gasteiger partial charge in [-0.25, -0.2) is 0 Å². The van der Waals surface area contributed by atoms with Crippen LogP contribution in [0.5, 0.6) is 0 Å². The second-order valence-corrected chi connectivity index (χ2v) is 6.15. The summed E-state index contributed by atoms with van der Waals surface area (Å²) in [6.45, 7) is 0. The van der Waals surface area contributed by atoms with E-state index in [0.29, 0.717) is 34.9 Å². The standard InChI is InChI=1S/C13H8B5ClN2O/c14-6-4-3-1-2-13(17,18)5(12(20)22)10(3)21-11(4)8(16)7(15)9(6)19/h5,21H,1-2H2,(H2,20,22). The zero-order valence-electron chi connectivity index (χ0n) is 11.7. The van der Waals surface area contributed by atoms with Gasteiger partial charge < -0.3 is 10.7 Å². The van der Waals surface area contributed by atoms with Crippen LogP contribution >= 0.6 is 11.6 Å². The Bertz CT molecular complexity index is 817. The number of primary amides is 1. The average Bonchev–Trinajstić information content (AvgIpc) is 2.80. The van der Waals surface area contributed by atoms with Gasteiger partial charge in [-0.1, -0.05) is 39.6 Å². The van der Waals surface area contributed by atoms with Crippen LogP contribution in [0.25, 0.3) is 10.9 Å². The average molecular weight is 298 g/mol. The lowest BCUT2D eigenvalue weighted by molar-refractivity contribution is -0.120. The summed E-state index contributed by atoms with van der Waals surface area (Å²) in [6.07, 6.45) is 0.901. The van der Waals surface area contributed by atoms with Crippen molar-refractivity contribution in [3.63, 3.8) is 0 Å². The first-order valence-electron chi connectivity index (χ1n) is 6.70. The zero-order chi connectivity index (χ0) is 16.4. The van der Waals surface area contributed by atoms with Gasteiger partial charge in [-0.05, 0) is 17.4 Å². The number of rotatable bonds is 1. The van der Waals surface area contributed by atoms with Crippen molar-refractivity contribution < 1.29 is 4.79 Å². The molecule has 0 bridgehead atoms. The summed E-state index contributed by atoms with van der Waals surface area (Å²) in [4.78, 5) is 14.9. The number of H-pyrrole nitrogens is 1. The highest BCUT2D eigenvalue weighted by molar-refractivity contribution is 6.63. The first kappa shape index (κ1) is 15.7. The van der Waals surface area contributed by atoms with Crippen LogP contribution < -0.4 is 22.1 Å². The smallest absolute Gasteiger partial charge is 0.225 e. The molecule has 1 amide bonds. The molecule has 0 saturated carbocycles. The van der Waals surface area contributed by atoms with Crippen molar-refractivity contribution in [1.82, 2.24) is 4.98 Å². The van der Waals surface area contributed by atoms with E-state index in [1.165, 1.54) is 0 Å². The number of benzene rings is 1. The van der Waals surface area contributed by atoms with E-state index in [4.69, 9.17) is 56.6 Å². The maximum Gasteiger partial charge on any atom is 0.225 e. The lowest BCUT2D eigenvalue weighted by Crippen LogP contribution is -2.37. The number of carbonyl (C=O) groups excluding carboxylic acids is 1. The van der Waals surface area contributed by atoms with Crippen LogP contribution in [0.1, 0.15) is 23.6 Å². The summed E-state index contributed by atoms with van der Waals surface area (Å²) in [5, 5.41) is -0.397. The number of aromatic nitrogens is 1. The molecule has 0 aliphatic heterocycles. The van der Waals surface area contributed by atoms with Gasteiger partial charge in [0, 0.05) is 16.2 Å². The number of fused-ring (bicyclic) bond motifs is 3. The molecule has 22 heavy (non-hydrogen) atoms. The van der Waals surface area contributed by atoms with Crippen LogP contribution in [-0.2, 0) is 11.2 Å². The zero-order valence-corrected chi connectivity index (χ0v) is 12.5. The van der Waals surface area contributed by atoms with Crippen LogP contribution in [0.3, 0.4) is 0 Å².